The van der Waals surface area contributed by atoms with Gasteiger partial charge in [-0.25, -0.2) is 9.48 Å². The van der Waals surface area contributed by atoms with Gasteiger partial charge in [-0.15, -0.1) is 0 Å². The van der Waals surface area contributed by atoms with Crippen molar-refractivity contribution < 1.29 is 29.0 Å². The minimum Gasteiger partial charge on any atom is -0.491 e. The van der Waals surface area contributed by atoms with Gasteiger partial charge < -0.3 is 25.0 Å². The summed E-state index contributed by atoms with van der Waals surface area (Å²) >= 11 is 0. The number of fused-ring (bicyclic) bond motifs is 1. The SMILES string of the molecule is CCCCCCCCCCCCCCOc1ccc(C(=O)N(CC)CC)cc1NC(=O)C(C(=O)N1CCc2ccccc21)n1nc(C(=O)O)cc1C. The molecule has 3 amide bonds. The molecule has 1 atom stereocenters. The maximum atomic E-state index is 14.3. The van der Waals surface area contributed by atoms with Crippen molar-refractivity contribution in [1.29, 1.82) is 0 Å². The van der Waals surface area contributed by atoms with Gasteiger partial charge in [0.1, 0.15) is 5.75 Å². The van der Waals surface area contributed by atoms with Crippen molar-refractivity contribution in [3.8, 4) is 5.75 Å². The number of amides is 3. The molecule has 0 bridgehead atoms. The molecule has 11 nitrogen and oxygen atoms in total. The molecule has 2 N–H and O–H groups in total. The van der Waals surface area contributed by atoms with Gasteiger partial charge in [-0.1, -0.05) is 95.8 Å². The zero-order chi connectivity index (χ0) is 37.5. The summed E-state index contributed by atoms with van der Waals surface area (Å²) in [5, 5.41) is 16.7. The molecule has 0 radical (unpaired) electrons. The topological polar surface area (TPSA) is 134 Å². The monoisotopic (exact) mass is 715 g/mol. The van der Waals surface area contributed by atoms with Crippen molar-refractivity contribution in [3.63, 3.8) is 0 Å². The highest BCUT2D eigenvalue weighted by Crippen LogP contribution is 2.32. The van der Waals surface area contributed by atoms with Crippen LogP contribution in [0, 0.1) is 6.92 Å². The van der Waals surface area contributed by atoms with Crippen molar-refractivity contribution in [3.05, 3.63) is 71.0 Å². The van der Waals surface area contributed by atoms with E-state index in [4.69, 9.17) is 4.74 Å². The fraction of sp³-hybridized carbons (Fsp3) is 0.537. The maximum absolute atomic E-state index is 14.3. The van der Waals surface area contributed by atoms with E-state index >= 15 is 0 Å². The van der Waals surface area contributed by atoms with Crippen LogP contribution in [0.25, 0.3) is 0 Å². The number of nitrogens with one attached hydrogen (secondary N) is 1. The Morgan fingerprint density at radius 1 is 0.865 bits per heavy atom. The van der Waals surface area contributed by atoms with Crippen molar-refractivity contribution in [2.45, 2.75) is 117 Å². The van der Waals surface area contributed by atoms with Gasteiger partial charge in [0.25, 0.3) is 17.7 Å². The smallest absolute Gasteiger partial charge is 0.356 e. The van der Waals surface area contributed by atoms with Gasteiger partial charge in [0, 0.05) is 36.6 Å². The van der Waals surface area contributed by atoms with E-state index in [1.165, 1.54) is 68.5 Å². The van der Waals surface area contributed by atoms with Gasteiger partial charge in [0.2, 0.25) is 6.04 Å². The van der Waals surface area contributed by atoms with E-state index in [-0.39, 0.29) is 17.3 Å². The molecular formula is C41H57N5O6. The lowest BCUT2D eigenvalue weighted by molar-refractivity contribution is -0.130. The first-order valence-electron chi connectivity index (χ1n) is 19.3. The van der Waals surface area contributed by atoms with Crippen LogP contribution >= 0.6 is 0 Å². The number of anilines is 2. The molecule has 3 aromatic rings. The van der Waals surface area contributed by atoms with E-state index in [0.717, 1.165) is 24.8 Å². The Bertz CT molecular complexity index is 1650. The van der Waals surface area contributed by atoms with E-state index in [1.807, 2.05) is 38.1 Å². The number of carbonyl (C=O) groups excluding carboxylic acids is 3. The normalized spacial score (nSPS) is 12.7. The number of carbonyl (C=O) groups is 4. The fourth-order valence-corrected chi connectivity index (χ4v) is 6.80. The number of para-hydroxylation sites is 1. The number of nitrogens with zero attached hydrogens (tertiary/aromatic N) is 4. The number of benzene rings is 2. The molecule has 4 rings (SSSR count). The molecule has 52 heavy (non-hydrogen) atoms. The second kappa shape index (κ2) is 20.4. The minimum absolute atomic E-state index is 0.191. The van der Waals surface area contributed by atoms with Crippen LogP contribution in [-0.4, -0.2) is 69.7 Å². The molecule has 11 heteroatoms. The summed E-state index contributed by atoms with van der Waals surface area (Å²) in [5.41, 5.74) is 2.37. The first-order chi connectivity index (χ1) is 25.2. The van der Waals surface area contributed by atoms with Crippen molar-refractivity contribution >= 4 is 35.1 Å². The Hall–Kier alpha value is -4.67. The molecule has 1 unspecified atom stereocenters. The number of aryl methyl sites for hydroxylation is 1. The average molecular weight is 716 g/mol. The van der Waals surface area contributed by atoms with Gasteiger partial charge in [-0.2, -0.15) is 5.10 Å². The number of rotatable bonds is 22. The number of ether oxygens (including phenoxy) is 1. The van der Waals surface area contributed by atoms with E-state index in [9.17, 15) is 24.3 Å². The molecule has 2 heterocycles. The number of carboxylic acids is 1. The molecule has 1 aliphatic heterocycles. The Labute approximate surface area is 308 Å². The Balaban J connectivity index is 1.50. The molecule has 0 saturated carbocycles. The second-order valence-corrected chi connectivity index (χ2v) is 13.6. The summed E-state index contributed by atoms with van der Waals surface area (Å²) in [6, 6.07) is 12.3. The Morgan fingerprint density at radius 2 is 1.50 bits per heavy atom. The second-order valence-electron chi connectivity index (χ2n) is 13.6. The van der Waals surface area contributed by atoms with Crippen molar-refractivity contribution in [2.24, 2.45) is 0 Å². The summed E-state index contributed by atoms with van der Waals surface area (Å²) in [5.74, 6) is -2.34. The first kappa shape index (κ1) is 40.1. The highest BCUT2D eigenvalue weighted by Gasteiger charge is 2.38. The molecule has 0 saturated heterocycles. The van der Waals surface area contributed by atoms with E-state index in [2.05, 4.69) is 17.3 Å². The Kier molecular flexibility index (Phi) is 15.7. The molecule has 0 spiro atoms. The summed E-state index contributed by atoms with van der Waals surface area (Å²) in [4.78, 5) is 57.0. The van der Waals surface area contributed by atoms with E-state index < -0.39 is 23.8 Å². The van der Waals surface area contributed by atoms with Gasteiger partial charge in [0.05, 0.1) is 12.3 Å². The standard InChI is InChI=1S/C41H57N5O6/c1-5-8-9-10-11-12-13-14-15-16-17-20-27-52-36-24-23-32(39(48)44(6-2)7-3)29-33(36)42-38(47)37(46-30(4)28-34(43-46)41(50)51)40(49)45-26-25-31-21-18-19-22-35(31)45/h18-19,21-24,28-29,37H,5-17,20,25-27H2,1-4H3,(H,42,47)(H,50,51). The molecule has 282 valence electrons. The van der Waals surface area contributed by atoms with Crippen LogP contribution in [0.4, 0.5) is 11.4 Å². The average Bonchev–Trinajstić information content (AvgIpc) is 3.75. The van der Waals surface area contributed by atoms with Crippen LogP contribution in [-0.2, 0) is 16.0 Å². The van der Waals surface area contributed by atoms with Crippen molar-refractivity contribution in [1.82, 2.24) is 14.7 Å². The highest BCUT2D eigenvalue weighted by atomic mass is 16.5. The zero-order valence-electron chi connectivity index (χ0n) is 31.5. The first-order valence-corrected chi connectivity index (χ1v) is 19.3. The predicted octanol–water partition coefficient (Wildman–Crippen LogP) is 8.22. The zero-order valence-corrected chi connectivity index (χ0v) is 31.5. The third-order valence-electron chi connectivity index (χ3n) is 9.81. The summed E-state index contributed by atoms with van der Waals surface area (Å²) in [6.45, 7) is 9.50. The van der Waals surface area contributed by atoms with Crippen LogP contribution in [0.1, 0.15) is 136 Å². The number of hydrogen-bond donors (Lipinski definition) is 2. The van der Waals surface area contributed by atoms with Gasteiger partial charge in [0.15, 0.2) is 5.69 Å². The molecule has 0 aliphatic carbocycles. The molecule has 1 aromatic heterocycles. The molecule has 1 aliphatic rings. The lowest BCUT2D eigenvalue weighted by atomic mass is 10.1. The minimum atomic E-state index is -1.52. The lowest BCUT2D eigenvalue weighted by Gasteiger charge is -2.25. The highest BCUT2D eigenvalue weighted by molar-refractivity contribution is 6.14. The number of carboxylic acid groups (broad SMARTS) is 1. The number of aromatic nitrogens is 2. The third-order valence-corrected chi connectivity index (χ3v) is 9.81. The summed E-state index contributed by atoms with van der Waals surface area (Å²) in [7, 11) is 0. The quantitative estimate of drug-likeness (QED) is 0.0791. The van der Waals surface area contributed by atoms with E-state index in [0.29, 0.717) is 55.4 Å². The third kappa shape index (κ3) is 10.7. The van der Waals surface area contributed by atoms with Crippen LogP contribution in [0.2, 0.25) is 0 Å². The van der Waals surface area contributed by atoms with Gasteiger partial charge in [-0.05, 0) is 69.5 Å². The van der Waals surface area contributed by atoms with Crippen molar-refractivity contribution in [2.75, 3.05) is 36.5 Å². The van der Waals surface area contributed by atoms with Crippen LogP contribution in [0.3, 0.4) is 0 Å². The molecule has 0 fully saturated rings. The van der Waals surface area contributed by atoms with E-state index in [1.54, 1.807) is 34.9 Å². The number of unbranched alkanes of at least 4 members (excludes halogenated alkanes) is 11. The van der Waals surface area contributed by atoms with Crippen LogP contribution in [0.5, 0.6) is 5.75 Å². The molecular weight excluding hydrogens is 658 g/mol. The van der Waals surface area contributed by atoms with Gasteiger partial charge in [-0.3, -0.25) is 14.4 Å². The maximum Gasteiger partial charge on any atom is 0.356 e. The fourth-order valence-electron chi connectivity index (χ4n) is 6.80. The Morgan fingerprint density at radius 3 is 2.12 bits per heavy atom. The summed E-state index contributed by atoms with van der Waals surface area (Å²) < 4.78 is 7.36. The van der Waals surface area contributed by atoms with Gasteiger partial charge >= 0.3 is 5.97 Å². The number of hydrogen-bond acceptors (Lipinski definition) is 6. The van der Waals surface area contributed by atoms with Crippen LogP contribution in [0.15, 0.2) is 48.5 Å². The number of aromatic carboxylic acids is 1. The lowest BCUT2D eigenvalue weighted by Crippen LogP contribution is -2.43. The summed E-state index contributed by atoms with van der Waals surface area (Å²) in [6.07, 6.45) is 15.3. The largest absolute Gasteiger partial charge is 0.491 e. The van der Waals surface area contributed by atoms with Crippen LogP contribution < -0.4 is 15.0 Å². The predicted molar refractivity (Wildman–Crippen MR) is 204 cm³/mol. The molecule has 2 aromatic carbocycles.